The van der Waals surface area contributed by atoms with E-state index in [1.54, 1.807) is 6.92 Å². The van der Waals surface area contributed by atoms with Crippen LogP contribution in [0.4, 0.5) is 5.95 Å². The van der Waals surface area contributed by atoms with E-state index < -0.39 is 29.6 Å². The van der Waals surface area contributed by atoms with E-state index in [0.717, 1.165) is 0 Å². The number of nitrogens with zero attached hydrogens (tertiary/aromatic N) is 3. The second kappa shape index (κ2) is 4.52. The van der Waals surface area contributed by atoms with E-state index in [2.05, 4.69) is 15.0 Å². The third-order valence-corrected chi connectivity index (χ3v) is 4.06. The number of aliphatic hydroxyl groups excluding tert-OH is 2. The molecule has 2 aromatic heterocycles. The van der Waals surface area contributed by atoms with Gasteiger partial charge in [-0.25, -0.2) is 4.98 Å². The summed E-state index contributed by atoms with van der Waals surface area (Å²) in [4.78, 5) is 22.1. The van der Waals surface area contributed by atoms with E-state index in [-0.39, 0.29) is 17.1 Å². The van der Waals surface area contributed by atoms with Gasteiger partial charge in [0.15, 0.2) is 17.4 Å². The highest BCUT2D eigenvalue weighted by Gasteiger charge is 2.51. The van der Waals surface area contributed by atoms with E-state index >= 15 is 0 Å². The van der Waals surface area contributed by atoms with Crippen molar-refractivity contribution in [1.82, 2.24) is 19.5 Å². The zero-order valence-electron chi connectivity index (χ0n) is 11.6. The minimum atomic E-state index is -1.16. The number of hydrogen-bond acceptors (Lipinski definition) is 7. The number of nitrogen functional groups attached to an aromatic ring is 1. The van der Waals surface area contributed by atoms with Crippen molar-refractivity contribution in [2.45, 2.75) is 44.3 Å². The van der Waals surface area contributed by atoms with Crippen molar-refractivity contribution in [2.24, 2.45) is 0 Å². The summed E-state index contributed by atoms with van der Waals surface area (Å²) in [6, 6.07) is 0. The maximum atomic E-state index is 11.8. The van der Waals surface area contributed by atoms with Crippen molar-refractivity contribution in [3.63, 3.8) is 0 Å². The lowest BCUT2D eigenvalue weighted by Crippen LogP contribution is -2.39. The van der Waals surface area contributed by atoms with Crippen LogP contribution in [-0.4, -0.2) is 47.5 Å². The van der Waals surface area contributed by atoms with Gasteiger partial charge in [-0.2, -0.15) is 4.98 Å². The first kappa shape index (κ1) is 14.0. The van der Waals surface area contributed by atoms with Crippen LogP contribution in [0.2, 0.25) is 0 Å². The number of hydrogen-bond donors (Lipinski definition) is 4. The molecule has 0 spiro atoms. The number of aromatic amines is 1. The Kier molecular flexibility index (Phi) is 3.01. The molecule has 1 aliphatic rings. The minimum Gasteiger partial charge on any atom is -0.387 e. The number of nitrogens with one attached hydrogen (secondary N) is 1. The molecule has 9 nitrogen and oxygen atoms in total. The highest BCUT2D eigenvalue weighted by molar-refractivity contribution is 5.70. The molecular weight excluding hydrogens is 278 g/mol. The van der Waals surface area contributed by atoms with Crippen molar-refractivity contribution >= 4 is 17.1 Å². The standard InChI is InChI=1S/C12H17N5O4/c1-3-12(2)7(19)6(18)10(21-12)17-4-14-5-8(17)15-11(13)16-9(5)20/h4,6-7,10,18-19H,3H2,1-2H3,(H3,13,15,16,20)/t6-,7+,10-,12-/m1/s1. The van der Waals surface area contributed by atoms with Gasteiger partial charge in [0, 0.05) is 0 Å². The fourth-order valence-electron chi connectivity index (χ4n) is 2.58. The predicted octanol–water partition coefficient (Wildman–Crippen LogP) is -0.879. The number of fused-ring (bicyclic) bond motifs is 1. The van der Waals surface area contributed by atoms with E-state index in [9.17, 15) is 15.0 Å². The third kappa shape index (κ3) is 1.93. The maximum Gasteiger partial charge on any atom is 0.280 e. The Morgan fingerprint density at radius 2 is 2.29 bits per heavy atom. The highest BCUT2D eigenvalue weighted by atomic mass is 16.6. The summed E-state index contributed by atoms with van der Waals surface area (Å²) >= 11 is 0. The summed E-state index contributed by atoms with van der Waals surface area (Å²) in [6.07, 6.45) is -1.23. The van der Waals surface area contributed by atoms with Crippen molar-refractivity contribution in [1.29, 1.82) is 0 Å². The molecule has 0 aromatic carbocycles. The molecule has 4 atom stereocenters. The normalized spacial score (nSPS) is 32.9. The average Bonchev–Trinajstić information content (AvgIpc) is 2.95. The molecule has 2 aromatic rings. The summed E-state index contributed by atoms with van der Waals surface area (Å²) in [5.41, 5.74) is 4.48. The van der Waals surface area contributed by atoms with Crippen LogP contribution < -0.4 is 11.3 Å². The van der Waals surface area contributed by atoms with Crippen molar-refractivity contribution in [3.8, 4) is 0 Å². The molecule has 9 heteroatoms. The molecule has 1 aliphatic heterocycles. The topological polar surface area (TPSA) is 139 Å². The largest absolute Gasteiger partial charge is 0.387 e. The molecule has 0 amide bonds. The van der Waals surface area contributed by atoms with E-state index in [4.69, 9.17) is 10.5 Å². The number of anilines is 1. The summed E-state index contributed by atoms with van der Waals surface area (Å²) in [5, 5.41) is 20.4. The molecule has 0 saturated carbocycles. The predicted molar refractivity (Wildman–Crippen MR) is 73.4 cm³/mol. The smallest absolute Gasteiger partial charge is 0.280 e. The molecule has 1 fully saturated rings. The van der Waals surface area contributed by atoms with Crippen LogP contribution in [-0.2, 0) is 4.74 Å². The second-order valence-electron chi connectivity index (χ2n) is 5.39. The number of aliphatic hydroxyl groups is 2. The molecule has 3 heterocycles. The molecular formula is C12H17N5O4. The summed E-state index contributed by atoms with van der Waals surface area (Å²) in [6.45, 7) is 3.57. The quantitative estimate of drug-likeness (QED) is 0.564. The molecule has 0 bridgehead atoms. The Morgan fingerprint density at radius 1 is 1.57 bits per heavy atom. The average molecular weight is 295 g/mol. The van der Waals surface area contributed by atoms with Crippen LogP contribution in [0.25, 0.3) is 11.2 Å². The SMILES string of the molecule is CC[C@@]1(C)O[C@@H](n2cnc3c(=O)[nH]c(N)nc32)[C@H](O)[C@@H]1O. The molecule has 21 heavy (non-hydrogen) atoms. The first-order valence-electron chi connectivity index (χ1n) is 6.63. The summed E-state index contributed by atoms with van der Waals surface area (Å²) in [7, 11) is 0. The Balaban J connectivity index is 2.12. The molecule has 0 radical (unpaired) electrons. The lowest BCUT2D eigenvalue weighted by Gasteiger charge is -2.25. The summed E-state index contributed by atoms with van der Waals surface area (Å²) < 4.78 is 7.20. The number of imidazole rings is 1. The van der Waals surface area contributed by atoms with E-state index in [1.165, 1.54) is 10.9 Å². The van der Waals surface area contributed by atoms with Crippen LogP contribution in [0.15, 0.2) is 11.1 Å². The fourth-order valence-corrected chi connectivity index (χ4v) is 2.58. The fraction of sp³-hybridized carbons (Fsp3) is 0.583. The van der Waals surface area contributed by atoms with Crippen LogP contribution in [0.1, 0.15) is 26.5 Å². The third-order valence-electron chi connectivity index (χ3n) is 4.06. The van der Waals surface area contributed by atoms with Gasteiger partial charge in [-0.1, -0.05) is 6.92 Å². The molecule has 0 unspecified atom stereocenters. The van der Waals surface area contributed by atoms with Crippen molar-refractivity contribution in [3.05, 3.63) is 16.7 Å². The molecule has 0 aliphatic carbocycles. The van der Waals surface area contributed by atoms with Gasteiger partial charge in [0.1, 0.15) is 12.2 Å². The Morgan fingerprint density at radius 3 is 2.90 bits per heavy atom. The Hall–Kier alpha value is -1.97. The van der Waals surface area contributed by atoms with Crippen molar-refractivity contribution < 1.29 is 14.9 Å². The number of rotatable bonds is 2. The van der Waals surface area contributed by atoms with Crippen LogP contribution in [0.3, 0.4) is 0 Å². The van der Waals surface area contributed by atoms with Crippen LogP contribution >= 0.6 is 0 Å². The number of nitrogens with two attached hydrogens (primary N) is 1. The van der Waals surface area contributed by atoms with Gasteiger partial charge < -0.3 is 20.7 Å². The van der Waals surface area contributed by atoms with Gasteiger partial charge in [0.05, 0.1) is 11.9 Å². The van der Waals surface area contributed by atoms with E-state index in [1.807, 2.05) is 6.92 Å². The zero-order chi connectivity index (χ0) is 15.4. The van der Waals surface area contributed by atoms with Gasteiger partial charge >= 0.3 is 0 Å². The molecule has 114 valence electrons. The number of H-pyrrole nitrogens is 1. The monoisotopic (exact) mass is 295 g/mol. The Bertz CT molecular complexity index is 741. The van der Waals surface area contributed by atoms with Gasteiger partial charge in [-0.3, -0.25) is 14.3 Å². The lowest BCUT2D eigenvalue weighted by atomic mass is 9.95. The highest BCUT2D eigenvalue weighted by Crippen LogP contribution is 2.39. The zero-order valence-corrected chi connectivity index (χ0v) is 11.6. The number of ether oxygens (including phenoxy) is 1. The molecule has 3 rings (SSSR count). The summed E-state index contributed by atoms with van der Waals surface area (Å²) in [5.74, 6) is -0.0551. The maximum absolute atomic E-state index is 11.8. The van der Waals surface area contributed by atoms with Crippen LogP contribution in [0, 0.1) is 0 Å². The van der Waals surface area contributed by atoms with E-state index in [0.29, 0.717) is 6.42 Å². The van der Waals surface area contributed by atoms with Gasteiger partial charge in [-0.05, 0) is 13.3 Å². The van der Waals surface area contributed by atoms with Crippen LogP contribution in [0.5, 0.6) is 0 Å². The lowest BCUT2D eigenvalue weighted by molar-refractivity contribution is -0.0931. The number of aromatic nitrogens is 4. The molecule has 5 N–H and O–H groups in total. The minimum absolute atomic E-state index is 0.0551. The van der Waals surface area contributed by atoms with Gasteiger partial charge in [0.25, 0.3) is 5.56 Å². The first-order valence-corrected chi connectivity index (χ1v) is 6.63. The van der Waals surface area contributed by atoms with Gasteiger partial charge in [-0.15, -0.1) is 0 Å². The second-order valence-corrected chi connectivity index (χ2v) is 5.39. The first-order chi connectivity index (χ1) is 9.87. The Labute approximate surface area is 119 Å². The van der Waals surface area contributed by atoms with Gasteiger partial charge in [0.2, 0.25) is 5.95 Å². The van der Waals surface area contributed by atoms with Crippen molar-refractivity contribution in [2.75, 3.05) is 5.73 Å². The molecule has 1 saturated heterocycles.